The van der Waals surface area contributed by atoms with Crippen molar-refractivity contribution in [2.45, 2.75) is 57.3 Å². The molecule has 2 N–H and O–H groups in total. The molecule has 1 aromatic heterocycles. The molecule has 2 amide bonds. The number of aromatic nitrogens is 1. The number of hydrogen-bond acceptors (Lipinski definition) is 7. The van der Waals surface area contributed by atoms with Gasteiger partial charge in [-0.2, -0.15) is 0 Å². The van der Waals surface area contributed by atoms with Gasteiger partial charge in [-0.05, 0) is 52.8 Å². The molecule has 1 saturated carbocycles. The summed E-state index contributed by atoms with van der Waals surface area (Å²) in [5.41, 5.74) is -0.220. The van der Waals surface area contributed by atoms with Crippen LogP contribution in [-0.2, 0) is 4.79 Å². The van der Waals surface area contributed by atoms with Crippen molar-refractivity contribution in [3.63, 3.8) is 0 Å². The molecule has 192 valence electrons. The van der Waals surface area contributed by atoms with E-state index in [1.807, 2.05) is 25.9 Å². The van der Waals surface area contributed by atoms with Crippen molar-refractivity contribution in [3.05, 3.63) is 23.4 Å². The molecule has 0 bridgehead atoms. The van der Waals surface area contributed by atoms with Gasteiger partial charge in [-0.15, -0.1) is 0 Å². The minimum absolute atomic E-state index is 0.0341. The average molecular weight is 487 g/mol. The van der Waals surface area contributed by atoms with Crippen LogP contribution in [0, 0.1) is 17.8 Å². The van der Waals surface area contributed by atoms with E-state index in [-0.39, 0.29) is 42.3 Å². The molecule has 1 aromatic rings. The van der Waals surface area contributed by atoms with E-state index in [1.54, 1.807) is 36.0 Å². The van der Waals surface area contributed by atoms with Gasteiger partial charge in [-0.25, -0.2) is 4.98 Å². The second kappa shape index (κ2) is 11.4. The molecule has 0 saturated heterocycles. The molecule has 0 spiro atoms. The number of rotatable bonds is 6. The minimum Gasteiger partial charge on any atom is -0.472 e. The zero-order valence-electron chi connectivity index (χ0n) is 21.5. The summed E-state index contributed by atoms with van der Waals surface area (Å²) in [6.07, 6.45) is 4.30. The monoisotopic (exact) mass is 486 g/mol. The minimum atomic E-state index is -0.994. The van der Waals surface area contributed by atoms with E-state index in [0.29, 0.717) is 31.5 Å². The number of fused-ring (bicyclic) bond motifs is 1. The number of amides is 2. The highest BCUT2D eigenvalue weighted by molar-refractivity contribution is 5.97. The van der Waals surface area contributed by atoms with Gasteiger partial charge in [0.2, 0.25) is 11.8 Å². The molecule has 1 aliphatic carbocycles. The molecule has 3 rings (SSSR count). The van der Waals surface area contributed by atoms with Crippen LogP contribution in [0.15, 0.2) is 12.3 Å². The standard InChI is InChI=1S/C26H38N4O5/c1-18-14-30(19(2)17-31)25(33)21-12-20(8-11-26(34)9-6-7-10-26)13-27-24(21)35-22(18)15-29(5)23(32)16-28(3)4/h12-13,18-19,22,31,34H,6-7,9-10,14-17H2,1-5H3/t18-,19+,22+/m0/s1. The van der Waals surface area contributed by atoms with Crippen molar-refractivity contribution in [2.75, 3.05) is 47.4 Å². The summed E-state index contributed by atoms with van der Waals surface area (Å²) in [7, 11) is 5.42. The fraction of sp³-hybridized carbons (Fsp3) is 0.654. The van der Waals surface area contributed by atoms with Gasteiger partial charge in [-0.1, -0.05) is 18.8 Å². The van der Waals surface area contributed by atoms with Gasteiger partial charge >= 0.3 is 0 Å². The maximum Gasteiger partial charge on any atom is 0.259 e. The first-order chi connectivity index (χ1) is 16.5. The molecule has 1 aliphatic heterocycles. The van der Waals surface area contributed by atoms with Gasteiger partial charge in [0.15, 0.2) is 0 Å². The number of likely N-dealkylation sites (N-methyl/N-ethyl adjacent to an activating group) is 2. The second-order valence-corrected chi connectivity index (χ2v) is 10.2. The van der Waals surface area contributed by atoms with E-state index < -0.39 is 17.7 Å². The Morgan fingerprint density at radius 1 is 1.34 bits per heavy atom. The number of ether oxygens (including phenoxy) is 1. The zero-order chi connectivity index (χ0) is 25.8. The predicted octanol–water partition coefficient (Wildman–Crippen LogP) is 0.978. The summed E-state index contributed by atoms with van der Waals surface area (Å²) in [6, 6.07) is 1.24. The predicted molar refractivity (Wildman–Crippen MR) is 132 cm³/mol. The van der Waals surface area contributed by atoms with Crippen LogP contribution in [0.5, 0.6) is 5.88 Å². The molecule has 3 atom stereocenters. The largest absolute Gasteiger partial charge is 0.472 e. The fourth-order valence-electron chi connectivity index (χ4n) is 4.42. The van der Waals surface area contributed by atoms with Crippen LogP contribution >= 0.6 is 0 Å². The summed E-state index contributed by atoms with van der Waals surface area (Å²) in [5, 5.41) is 20.4. The van der Waals surface area contributed by atoms with Gasteiger partial charge in [-0.3, -0.25) is 9.59 Å². The molecule has 2 aliphatic rings. The second-order valence-electron chi connectivity index (χ2n) is 10.2. The molecule has 2 heterocycles. The van der Waals surface area contributed by atoms with Crippen molar-refractivity contribution in [2.24, 2.45) is 5.92 Å². The lowest BCUT2D eigenvalue weighted by Crippen LogP contribution is -2.51. The maximum absolute atomic E-state index is 13.5. The van der Waals surface area contributed by atoms with E-state index in [4.69, 9.17) is 4.74 Å². The molecular formula is C26H38N4O5. The van der Waals surface area contributed by atoms with Crippen LogP contribution in [0.2, 0.25) is 0 Å². The smallest absolute Gasteiger partial charge is 0.259 e. The van der Waals surface area contributed by atoms with Crippen molar-refractivity contribution < 1.29 is 24.5 Å². The molecule has 9 nitrogen and oxygen atoms in total. The lowest BCUT2D eigenvalue weighted by molar-refractivity contribution is -0.132. The van der Waals surface area contributed by atoms with Crippen molar-refractivity contribution >= 4 is 11.8 Å². The Labute approximate surface area is 208 Å². The van der Waals surface area contributed by atoms with Crippen LogP contribution in [0.25, 0.3) is 0 Å². The van der Waals surface area contributed by atoms with E-state index in [9.17, 15) is 19.8 Å². The molecule has 0 aromatic carbocycles. The Balaban J connectivity index is 1.93. The Morgan fingerprint density at radius 2 is 2.03 bits per heavy atom. The molecule has 35 heavy (non-hydrogen) atoms. The molecular weight excluding hydrogens is 448 g/mol. The normalized spacial score (nSPS) is 22.4. The molecule has 9 heteroatoms. The number of carbonyl (C=O) groups is 2. The summed E-state index contributed by atoms with van der Waals surface area (Å²) in [6.45, 7) is 4.55. The first-order valence-corrected chi connectivity index (χ1v) is 12.3. The fourth-order valence-corrected chi connectivity index (χ4v) is 4.42. The van der Waals surface area contributed by atoms with Crippen molar-refractivity contribution in [3.8, 4) is 17.7 Å². The average Bonchev–Trinajstić information content (AvgIpc) is 3.25. The van der Waals surface area contributed by atoms with E-state index >= 15 is 0 Å². The number of hydrogen-bond donors (Lipinski definition) is 2. The Bertz CT molecular complexity index is 980. The van der Waals surface area contributed by atoms with E-state index in [1.165, 1.54) is 0 Å². The van der Waals surface area contributed by atoms with E-state index in [2.05, 4.69) is 16.8 Å². The quantitative estimate of drug-likeness (QED) is 0.578. The molecule has 1 fully saturated rings. The third-order valence-electron chi connectivity index (χ3n) is 6.72. The number of aliphatic hydroxyl groups excluding tert-OH is 1. The number of aliphatic hydroxyl groups is 2. The Hall–Kier alpha value is -2.67. The van der Waals surface area contributed by atoms with Crippen LogP contribution in [0.3, 0.4) is 0 Å². The summed E-state index contributed by atoms with van der Waals surface area (Å²) < 4.78 is 6.23. The molecule has 0 unspecified atom stereocenters. The number of pyridine rings is 1. The summed E-state index contributed by atoms with van der Waals surface area (Å²) in [4.78, 5) is 35.5. The van der Waals surface area contributed by atoms with E-state index in [0.717, 1.165) is 12.8 Å². The van der Waals surface area contributed by atoms with Crippen LogP contribution in [-0.4, -0.2) is 107 Å². The van der Waals surface area contributed by atoms with Crippen LogP contribution < -0.4 is 4.74 Å². The number of nitrogens with zero attached hydrogens (tertiary/aromatic N) is 4. The lowest BCUT2D eigenvalue weighted by atomic mass is 9.99. The van der Waals surface area contributed by atoms with Gasteiger partial charge in [0.1, 0.15) is 17.3 Å². The first-order valence-electron chi connectivity index (χ1n) is 12.3. The SMILES string of the molecule is C[C@H](CO)N1C[C@H](C)[C@@H](CN(C)C(=O)CN(C)C)Oc2ncc(C#CC3(O)CCCC3)cc2C1=O. The number of carbonyl (C=O) groups excluding carboxylic acids is 2. The van der Waals surface area contributed by atoms with Gasteiger partial charge in [0.05, 0.1) is 25.7 Å². The summed E-state index contributed by atoms with van der Waals surface area (Å²) >= 11 is 0. The van der Waals surface area contributed by atoms with Gasteiger partial charge in [0.25, 0.3) is 5.91 Å². The lowest BCUT2D eigenvalue weighted by Gasteiger charge is -2.37. The maximum atomic E-state index is 13.5. The third kappa shape index (κ3) is 6.72. The highest BCUT2D eigenvalue weighted by atomic mass is 16.5. The van der Waals surface area contributed by atoms with Crippen molar-refractivity contribution in [1.82, 2.24) is 19.7 Å². The molecule has 0 radical (unpaired) electrons. The zero-order valence-corrected chi connectivity index (χ0v) is 21.5. The third-order valence-corrected chi connectivity index (χ3v) is 6.72. The Kier molecular flexibility index (Phi) is 8.75. The van der Waals surface area contributed by atoms with Gasteiger partial charge < -0.3 is 29.6 Å². The topological polar surface area (TPSA) is 106 Å². The van der Waals surface area contributed by atoms with Gasteiger partial charge in [0, 0.05) is 31.3 Å². The van der Waals surface area contributed by atoms with Crippen LogP contribution in [0.1, 0.15) is 55.5 Å². The first kappa shape index (κ1) is 26.9. The highest BCUT2D eigenvalue weighted by Gasteiger charge is 2.35. The van der Waals surface area contributed by atoms with Crippen LogP contribution in [0.4, 0.5) is 0 Å². The summed E-state index contributed by atoms with van der Waals surface area (Å²) in [5.74, 6) is 5.67. The Morgan fingerprint density at radius 3 is 2.66 bits per heavy atom. The van der Waals surface area contributed by atoms with Crippen molar-refractivity contribution in [1.29, 1.82) is 0 Å². The highest BCUT2D eigenvalue weighted by Crippen LogP contribution is 2.30.